The topological polar surface area (TPSA) is 110 Å². The standard InChI is InChI=1S/C13H18N6O2/c1-2-6-14-11(20)7-10-15-13(21-18-10)8-4-3-5-9-12(8)17-19-16-9/h8H,2-7H2,1H3,(H,14,20)(H,16,17,19). The van der Waals surface area contributed by atoms with Gasteiger partial charge in [-0.05, 0) is 25.7 Å². The third-order valence-corrected chi connectivity index (χ3v) is 3.56. The second-order valence-electron chi connectivity index (χ2n) is 5.18. The third kappa shape index (κ3) is 2.93. The van der Waals surface area contributed by atoms with Crippen LogP contribution in [0.4, 0.5) is 0 Å². The van der Waals surface area contributed by atoms with Gasteiger partial charge in [-0.15, -0.1) is 0 Å². The Labute approximate surface area is 121 Å². The molecular weight excluding hydrogens is 272 g/mol. The summed E-state index contributed by atoms with van der Waals surface area (Å²) in [5.41, 5.74) is 1.85. The Hall–Kier alpha value is -2.25. The first-order valence-electron chi connectivity index (χ1n) is 7.26. The highest BCUT2D eigenvalue weighted by Crippen LogP contribution is 2.33. The molecule has 2 aromatic rings. The molecule has 0 aromatic carbocycles. The number of amides is 1. The first-order valence-corrected chi connectivity index (χ1v) is 7.26. The van der Waals surface area contributed by atoms with Gasteiger partial charge in [-0.2, -0.15) is 20.4 Å². The van der Waals surface area contributed by atoms with Crippen LogP contribution in [0, 0.1) is 0 Å². The van der Waals surface area contributed by atoms with Crippen LogP contribution in [0.5, 0.6) is 0 Å². The zero-order valence-corrected chi connectivity index (χ0v) is 11.9. The molecule has 3 rings (SSSR count). The van der Waals surface area contributed by atoms with Gasteiger partial charge in [0.1, 0.15) is 0 Å². The Bertz CT molecular complexity index is 620. The summed E-state index contributed by atoms with van der Waals surface area (Å²) in [4.78, 5) is 16.0. The van der Waals surface area contributed by atoms with Gasteiger partial charge in [0.15, 0.2) is 5.82 Å². The van der Waals surface area contributed by atoms with E-state index in [4.69, 9.17) is 4.52 Å². The molecule has 1 atom stereocenters. The van der Waals surface area contributed by atoms with Crippen LogP contribution in [0.15, 0.2) is 4.52 Å². The third-order valence-electron chi connectivity index (χ3n) is 3.56. The molecule has 8 nitrogen and oxygen atoms in total. The largest absolute Gasteiger partial charge is 0.356 e. The molecule has 112 valence electrons. The Morgan fingerprint density at radius 3 is 3.24 bits per heavy atom. The van der Waals surface area contributed by atoms with E-state index in [1.54, 1.807) is 0 Å². The van der Waals surface area contributed by atoms with Gasteiger partial charge in [0, 0.05) is 6.54 Å². The van der Waals surface area contributed by atoms with Crippen LogP contribution in [0.3, 0.4) is 0 Å². The van der Waals surface area contributed by atoms with Gasteiger partial charge in [0.2, 0.25) is 11.8 Å². The molecule has 0 saturated carbocycles. The molecule has 2 heterocycles. The van der Waals surface area contributed by atoms with Crippen molar-refractivity contribution in [1.29, 1.82) is 0 Å². The fraction of sp³-hybridized carbons (Fsp3) is 0.615. The molecule has 0 saturated heterocycles. The Morgan fingerprint density at radius 1 is 1.48 bits per heavy atom. The molecule has 8 heteroatoms. The van der Waals surface area contributed by atoms with Crippen LogP contribution in [-0.4, -0.2) is 38.0 Å². The minimum absolute atomic E-state index is 0.0209. The first kappa shape index (κ1) is 13.7. The number of aromatic amines is 1. The van der Waals surface area contributed by atoms with Gasteiger partial charge < -0.3 is 9.84 Å². The number of hydrogen-bond donors (Lipinski definition) is 2. The van der Waals surface area contributed by atoms with E-state index in [-0.39, 0.29) is 18.2 Å². The molecule has 0 bridgehead atoms. The van der Waals surface area contributed by atoms with Crippen LogP contribution in [0.1, 0.15) is 55.2 Å². The van der Waals surface area contributed by atoms with Crippen LogP contribution in [0.2, 0.25) is 0 Å². The van der Waals surface area contributed by atoms with Crippen LogP contribution in [0.25, 0.3) is 0 Å². The van der Waals surface area contributed by atoms with E-state index in [0.717, 1.165) is 37.1 Å². The highest BCUT2D eigenvalue weighted by molar-refractivity contribution is 5.77. The number of rotatable bonds is 5. The molecule has 1 amide bonds. The summed E-state index contributed by atoms with van der Waals surface area (Å²) in [5, 5.41) is 17.6. The van der Waals surface area contributed by atoms with E-state index in [2.05, 4.69) is 30.9 Å². The minimum Gasteiger partial charge on any atom is -0.356 e. The maximum atomic E-state index is 11.7. The van der Waals surface area contributed by atoms with Crippen molar-refractivity contribution in [2.75, 3.05) is 6.54 Å². The van der Waals surface area contributed by atoms with Crippen LogP contribution < -0.4 is 5.32 Å². The number of aromatic nitrogens is 5. The molecule has 2 N–H and O–H groups in total. The summed E-state index contributed by atoms with van der Waals surface area (Å²) in [5.74, 6) is 0.819. The lowest BCUT2D eigenvalue weighted by Gasteiger charge is -2.15. The van der Waals surface area contributed by atoms with Crippen LogP contribution >= 0.6 is 0 Å². The molecule has 21 heavy (non-hydrogen) atoms. The molecule has 1 aliphatic rings. The lowest BCUT2D eigenvalue weighted by Crippen LogP contribution is -2.26. The molecular formula is C13H18N6O2. The van der Waals surface area contributed by atoms with Crippen molar-refractivity contribution in [2.24, 2.45) is 0 Å². The number of aryl methyl sites for hydroxylation is 1. The average Bonchev–Trinajstić information content (AvgIpc) is 3.13. The Balaban J connectivity index is 1.70. The van der Waals surface area contributed by atoms with E-state index < -0.39 is 0 Å². The molecule has 1 unspecified atom stereocenters. The van der Waals surface area contributed by atoms with Crippen molar-refractivity contribution < 1.29 is 9.32 Å². The number of hydrogen-bond acceptors (Lipinski definition) is 6. The Kier molecular flexibility index (Phi) is 3.94. The highest BCUT2D eigenvalue weighted by atomic mass is 16.5. The molecule has 0 spiro atoms. The van der Waals surface area contributed by atoms with Crippen molar-refractivity contribution in [3.05, 3.63) is 23.1 Å². The number of nitrogens with one attached hydrogen (secondary N) is 2. The van der Waals surface area contributed by atoms with Gasteiger partial charge in [-0.1, -0.05) is 12.1 Å². The highest BCUT2D eigenvalue weighted by Gasteiger charge is 2.30. The van der Waals surface area contributed by atoms with E-state index in [1.807, 2.05) is 6.92 Å². The van der Waals surface area contributed by atoms with Gasteiger partial charge in [0.25, 0.3) is 0 Å². The number of carbonyl (C=O) groups is 1. The molecule has 0 fully saturated rings. The summed E-state index contributed by atoms with van der Waals surface area (Å²) in [6.07, 6.45) is 3.88. The first-order chi connectivity index (χ1) is 10.3. The normalized spacial score (nSPS) is 17.5. The number of fused-ring (bicyclic) bond motifs is 1. The number of H-pyrrole nitrogens is 1. The molecule has 0 radical (unpaired) electrons. The van der Waals surface area contributed by atoms with Crippen molar-refractivity contribution in [2.45, 2.75) is 44.9 Å². The summed E-state index contributed by atoms with van der Waals surface area (Å²) < 4.78 is 5.31. The van der Waals surface area contributed by atoms with E-state index in [0.29, 0.717) is 18.3 Å². The maximum Gasteiger partial charge on any atom is 0.235 e. The van der Waals surface area contributed by atoms with Crippen molar-refractivity contribution >= 4 is 5.91 Å². The van der Waals surface area contributed by atoms with E-state index >= 15 is 0 Å². The van der Waals surface area contributed by atoms with Crippen LogP contribution in [-0.2, 0) is 17.6 Å². The lowest BCUT2D eigenvalue weighted by atomic mass is 9.90. The van der Waals surface area contributed by atoms with E-state index in [1.165, 1.54) is 0 Å². The molecule has 1 aliphatic carbocycles. The lowest BCUT2D eigenvalue weighted by molar-refractivity contribution is -0.120. The predicted octanol–water partition coefficient (Wildman–Crippen LogP) is 0.725. The summed E-state index contributed by atoms with van der Waals surface area (Å²) >= 11 is 0. The molecule has 0 aliphatic heterocycles. The maximum absolute atomic E-state index is 11.7. The smallest absolute Gasteiger partial charge is 0.235 e. The predicted molar refractivity (Wildman–Crippen MR) is 72.5 cm³/mol. The zero-order valence-electron chi connectivity index (χ0n) is 11.9. The average molecular weight is 290 g/mol. The van der Waals surface area contributed by atoms with Gasteiger partial charge in [-0.3, -0.25) is 4.79 Å². The SMILES string of the molecule is CCCNC(=O)Cc1noc(C2CCCc3n[nH]nc32)n1. The fourth-order valence-corrected chi connectivity index (χ4v) is 2.53. The van der Waals surface area contributed by atoms with Gasteiger partial charge in [-0.25, -0.2) is 0 Å². The Morgan fingerprint density at radius 2 is 2.38 bits per heavy atom. The number of nitrogens with zero attached hydrogens (tertiary/aromatic N) is 4. The fourth-order valence-electron chi connectivity index (χ4n) is 2.53. The van der Waals surface area contributed by atoms with Crippen molar-refractivity contribution in [3.8, 4) is 0 Å². The van der Waals surface area contributed by atoms with Crippen molar-refractivity contribution in [3.63, 3.8) is 0 Å². The summed E-state index contributed by atoms with van der Waals surface area (Å²) in [6, 6.07) is 0. The summed E-state index contributed by atoms with van der Waals surface area (Å²) in [6.45, 7) is 2.67. The monoisotopic (exact) mass is 290 g/mol. The van der Waals surface area contributed by atoms with Gasteiger partial charge >= 0.3 is 0 Å². The second kappa shape index (κ2) is 6.02. The number of carbonyl (C=O) groups excluding carboxylic acids is 1. The van der Waals surface area contributed by atoms with E-state index in [9.17, 15) is 4.79 Å². The zero-order chi connectivity index (χ0) is 14.7. The quantitative estimate of drug-likeness (QED) is 0.839. The minimum atomic E-state index is -0.0880. The van der Waals surface area contributed by atoms with Gasteiger partial charge in [0.05, 0.1) is 23.7 Å². The second-order valence-corrected chi connectivity index (χ2v) is 5.18. The van der Waals surface area contributed by atoms with Crippen molar-refractivity contribution in [1.82, 2.24) is 30.9 Å². The molecule has 2 aromatic heterocycles. The summed E-state index contributed by atoms with van der Waals surface area (Å²) in [7, 11) is 0.